The Morgan fingerprint density at radius 1 is 1.25 bits per heavy atom. The molecule has 0 aliphatic carbocycles. The molecule has 3 heterocycles. The number of aromatic nitrogens is 3. The Balaban J connectivity index is 1.71. The number of halogens is 6. The van der Waals surface area contributed by atoms with E-state index in [9.17, 15) is 31.1 Å². The summed E-state index contributed by atoms with van der Waals surface area (Å²) in [5.41, 5.74) is 0.995. The van der Waals surface area contributed by atoms with Gasteiger partial charge in [0.2, 0.25) is 0 Å². The van der Waals surface area contributed by atoms with Gasteiger partial charge in [0.15, 0.2) is 11.2 Å². The minimum absolute atomic E-state index is 0.100. The molecule has 2 aromatic rings. The van der Waals surface area contributed by atoms with Crippen LogP contribution in [-0.2, 0) is 6.54 Å². The van der Waals surface area contributed by atoms with E-state index in [2.05, 4.69) is 15.8 Å². The lowest BCUT2D eigenvalue weighted by Crippen LogP contribution is -2.54. The smallest absolute Gasteiger partial charge is 0.350 e. The lowest BCUT2D eigenvalue weighted by molar-refractivity contribution is -0.430. The van der Waals surface area contributed by atoms with Crippen molar-refractivity contribution in [3.8, 4) is 0 Å². The van der Waals surface area contributed by atoms with Crippen molar-refractivity contribution in [3.63, 3.8) is 0 Å². The molecule has 0 spiro atoms. The predicted octanol–water partition coefficient (Wildman–Crippen LogP) is 3.23. The van der Waals surface area contributed by atoms with Gasteiger partial charge in [-0.1, -0.05) is 13.8 Å². The van der Waals surface area contributed by atoms with E-state index < -0.39 is 41.9 Å². The normalized spacial score (nSPS) is 21.3. The molecular weight excluding hydrogens is 442 g/mol. The first-order valence-electron chi connectivity index (χ1n) is 9.90. The summed E-state index contributed by atoms with van der Waals surface area (Å²) in [7, 11) is 0. The van der Waals surface area contributed by atoms with Gasteiger partial charge in [0, 0.05) is 13.0 Å². The maximum Gasteiger partial charge on any atom is 0.413 e. The summed E-state index contributed by atoms with van der Waals surface area (Å²) in [5.74, 6) is 0. The van der Waals surface area contributed by atoms with Crippen molar-refractivity contribution < 1.29 is 36.9 Å². The third kappa shape index (κ3) is 4.62. The van der Waals surface area contributed by atoms with E-state index in [1.54, 1.807) is 12.3 Å². The maximum absolute atomic E-state index is 13.2. The summed E-state index contributed by atoms with van der Waals surface area (Å²) < 4.78 is 80.1. The second-order valence-corrected chi connectivity index (χ2v) is 9.07. The van der Waals surface area contributed by atoms with Gasteiger partial charge in [-0.2, -0.15) is 31.4 Å². The topological polar surface area (TPSA) is 90.2 Å². The van der Waals surface area contributed by atoms with Gasteiger partial charge in [0.05, 0.1) is 24.4 Å². The molecule has 2 aromatic heterocycles. The van der Waals surface area contributed by atoms with Crippen LogP contribution in [0.5, 0.6) is 0 Å². The van der Waals surface area contributed by atoms with Crippen LogP contribution in [0.15, 0.2) is 18.5 Å². The molecule has 1 aliphatic rings. The molecule has 0 unspecified atom stereocenters. The van der Waals surface area contributed by atoms with Gasteiger partial charge in [-0.3, -0.25) is 0 Å². The average molecular weight is 467 g/mol. The first-order valence-corrected chi connectivity index (χ1v) is 9.90. The summed E-state index contributed by atoms with van der Waals surface area (Å²) in [6, 6.07) is 0.233. The number of quaternary nitrogens is 1. The van der Waals surface area contributed by atoms with Crippen molar-refractivity contribution in [3.05, 3.63) is 29.7 Å². The zero-order valence-electron chi connectivity index (χ0n) is 17.8. The largest absolute Gasteiger partial charge is 0.413 e. The molecule has 4 N–H and O–H groups in total. The van der Waals surface area contributed by atoms with Gasteiger partial charge in [-0.05, 0) is 25.0 Å². The van der Waals surface area contributed by atoms with E-state index in [-0.39, 0.29) is 19.4 Å². The highest BCUT2D eigenvalue weighted by molar-refractivity contribution is 5.78. The van der Waals surface area contributed by atoms with Crippen LogP contribution < -0.4 is 11.1 Å². The third-order valence-electron chi connectivity index (χ3n) is 5.88. The second kappa shape index (κ2) is 7.78. The summed E-state index contributed by atoms with van der Waals surface area (Å²) in [4.78, 5) is 17.4. The van der Waals surface area contributed by atoms with Crippen molar-refractivity contribution in [2.24, 2.45) is 5.41 Å². The molecule has 32 heavy (non-hydrogen) atoms. The van der Waals surface area contributed by atoms with Crippen LogP contribution >= 0.6 is 0 Å². The number of imidazole rings is 1. The second-order valence-electron chi connectivity index (χ2n) is 9.07. The lowest BCUT2D eigenvalue weighted by Gasteiger charge is -2.27. The monoisotopic (exact) mass is 467 g/mol. The van der Waals surface area contributed by atoms with Crippen LogP contribution in [0.25, 0.3) is 5.65 Å². The van der Waals surface area contributed by atoms with Gasteiger partial charge in [-0.15, -0.1) is 0 Å². The number of hydrogen-bond donors (Lipinski definition) is 2. The van der Waals surface area contributed by atoms with E-state index in [1.807, 2.05) is 5.32 Å². The highest BCUT2D eigenvalue weighted by Gasteiger charge is 2.57. The summed E-state index contributed by atoms with van der Waals surface area (Å²) >= 11 is 0. The first-order chi connectivity index (χ1) is 14.5. The standard InChI is InChI=1S/C19H24F6N6O/c1-16(2,18(20,21)22)5-4-12(26)13-9-31-14(28-13)6-11(7-27-31)8-30-10-17(3,19(23,24)25)29-15(30)32/h6-7,9,12H,4-5,8,10,26H2,1-3H3,(H,29,32)/p+1/t12-,17+/m0/s1. The highest BCUT2D eigenvalue weighted by atomic mass is 19.4. The molecule has 7 nitrogen and oxygen atoms in total. The molecule has 1 aliphatic heterocycles. The average Bonchev–Trinajstić information content (AvgIpc) is 3.19. The number of urea groups is 1. The number of nitrogens with one attached hydrogen (secondary N) is 1. The quantitative estimate of drug-likeness (QED) is 0.640. The first kappa shape index (κ1) is 24.1. The number of amides is 2. The van der Waals surface area contributed by atoms with E-state index in [1.165, 1.54) is 10.7 Å². The van der Waals surface area contributed by atoms with Gasteiger partial charge in [-0.25, -0.2) is 14.3 Å². The maximum atomic E-state index is 13.2. The molecule has 2 amide bonds. The van der Waals surface area contributed by atoms with E-state index in [0.29, 0.717) is 16.9 Å². The van der Waals surface area contributed by atoms with Crippen LogP contribution in [-0.4, -0.2) is 50.0 Å². The molecular formula is C19H25F6N6O+. The van der Waals surface area contributed by atoms with Crippen LogP contribution in [0.1, 0.15) is 50.9 Å². The number of carbonyl (C=O) groups excluding carboxylic acids is 1. The van der Waals surface area contributed by atoms with E-state index >= 15 is 0 Å². The SMILES string of the molecule is CC(C)(CC[C@H]([NH3+])c1cn2ncc(CN3C[C@](C)(C(F)(F)F)NC3=O)cc2n1)C(F)(F)F. The zero-order valence-corrected chi connectivity index (χ0v) is 17.8. The van der Waals surface area contributed by atoms with Crippen LogP contribution in [0.3, 0.4) is 0 Å². The zero-order chi connectivity index (χ0) is 24.1. The Bertz CT molecular complexity index is 1000. The number of rotatable bonds is 6. The Kier molecular flexibility index (Phi) is 5.86. The number of alkyl halides is 6. The highest BCUT2D eigenvalue weighted by Crippen LogP contribution is 2.42. The van der Waals surface area contributed by atoms with Crippen LogP contribution in [0, 0.1) is 5.41 Å². The third-order valence-corrected chi connectivity index (χ3v) is 5.88. The predicted molar refractivity (Wildman–Crippen MR) is 101 cm³/mol. The lowest BCUT2D eigenvalue weighted by atomic mass is 9.85. The molecule has 0 saturated carbocycles. The molecule has 2 atom stereocenters. The number of fused-ring (bicyclic) bond motifs is 1. The van der Waals surface area contributed by atoms with Crippen molar-refractivity contribution >= 4 is 11.7 Å². The van der Waals surface area contributed by atoms with Crippen LogP contribution in [0.4, 0.5) is 31.1 Å². The Morgan fingerprint density at radius 3 is 2.47 bits per heavy atom. The number of hydrogen-bond acceptors (Lipinski definition) is 3. The van der Waals surface area contributed by atoms with Crippen molar-refractivity contribution in [1.29, 1.82) is 0 Å². The Labute approximate surface area is 180 Å². The molecule has 0 aromatic carbocycles. The fourth-order valence-corrected chi connectivity index (χ4v) is 3.36. The Morgan fingerprint density at radius 2 is 1.91 bits per heavy atom. The van der Waals surface area contributed by atoms with Gasteiger partial charge < -0.3 is 16.0 Å². The van der Waals surface area contributed by atoms with Crippen molar-refractivity contribution in [2.45, 2.75) is 64.1 Å². The summed E-state index contributed by atoms with van der Waals surface area (Å²) in [5, 5.41) is 6.12. The molecule has 1 saturated heterocycles. The van der Waals surface area contributed by atoms with Crippen LogP contribution in [0.2, 0.25) is 0 Å². The number of carbonyl (C=O) groups is 1. The molecule has 0 radical (unpaired) electrons. The fourth-order valence-electron chi connectivity index (χ4n) is 3.36. The fraction of sp³-hybridized carbons (Fsp3) is 0.632. The number of nitrogens with zero attached hydrogens (tertiary/aromatic N) is 4. The molecule has 0 bridgehead atoms. The van der Waals surface area contributed by atoms with Gasteiger partial charge in [0.25, 0.3) is 0 Å². The molecule has 1 fully saturated rings. The Hall–Kier alpha value is -2.57. The summed E-state index contributed by atoms with van der Waals surface area (Å²) in [6.07, 6.45) is -5.93. The molecule has 13 heteroatoms. The van der Waals surface area contributed by atoms with Gasteiger partial charge >= 0.3 is 18.4 Å². The molecule has 3 rings (SSSR count). The van der Waals surface area contributed by atoms with E-state index in [4.69, 9.17) is 0 Å². The molecule has 178 valence electrons. The van der Waals surface area contributed by atoms with E-state index in [0.717, 1.165) is 25.7 Å². The van der Waals surface area contributed by atoms with Gasteiger partial charge in [0.1, 0.15) is 11.7 Å². The summed E-state index contributed by atoms with van der Waals surface area (Å²) in [6.45, 7) is 2.54. The van der Waals surface area contributed by atoms with Crippen molar-refractivity contribution in [2.75, 3.05) is 6.54 Å². The van der Waals surface area contributed by atoms with Crippen molar-refractivity contribution in [1.82, 2.24) is 24.8 Å². The minimum atomic E-state index is -4.60. The minimum Gasteiger partial charge on any atom is -0.350 e.